The summed E-state index contributed by atoms with van der Waals surface area (Å²) in [7, 11) is 0. The van der Waals surface area contributed by atoms with Crippen molar-refractivity contribution in [1.29, 1.82) is 0 Å². The first-order valence-electron chi connectivity index (χ1n) is 4.43. The van der Waals surface area contributed by atoms with E-state index in [2.05, 4.69) is 18.0 Å². The number of carbonyl (C=O) groups excluding carboxylic acids is 1. The molecule has 0 aliphatic rings. The van der Waals surface area contributed by atoms with Crippen molar-refractivity contribution in [2.45, 2.75) is 32.7 Å². The van der Waals surface area contributed by atoms with Gasteiger partial charge in [-0.1, -0.05) is 13.3 Å². The highest BCUT2D eigenvalue weighted by Gasteiger charge is 2.06. The van der Waals surface area contributed by atoms with Crippen molar-refractivity contribution >= 4 is 17.4 Å². The lowest BCUT2D eigenvalue weighted by Crippen LogP contribution is -1.82. The van der Waals surface area contributed by atoms with Gasteiger partial charge < -0.3 is 0 Å². The van der Waals surface area contributed by atoms with Gasteiger partial charge >= 0.3 is 0 Å². The molecule has 0 spiro atoms. The monoisotopic (exact) mass is 195 g/mol. The number of rotatable bonds is 4. The normalized spacial score (nSPS) is 12.2. The molecule has 0 saturated carbocycles. The quantitative estimate of drug-likeness (QED) is 0.536. The lowest BCUT2D eigenvalue weighted by molar-refractivity contribution is 0.560. The highest BCUT2D eigenvalue weighted by atomic mass is 32.1. The molecule has 1 atom stereocenters. The number of nitrogens with zero attached hydrogens (tertiary/aromatic N) is 1. The fraction of sp³-hybridized carbons (Fsp3) is 0.500. The SMILES string of the molecule is CCCc1ccc(C(C)N=C=O)s1. The molecule has 2 nitrogen and oxygen atoms in total. The van der Waals surface area contributed by atoms with Crippen LogP contribution in [0.1, 0.15) is 36.1 Å². The van der Waals surface area contributed by atoms with E-state index in [4.69, 9.17) is 0 Å². The highest BCUT2D eigenvalue weighted by molar-refractivity contribution is 7.12. The molecule has 0 fully saturated rings. The topological polar surface area (TPSA) is 29.4 Å². The summed E-state index contributed by atoms with van der Waals surface area (Å²) < 4.78 is 0. The number of aryl methyl sites for hydroxylation is 1. The summed E-state index contributed by atoms with van der Waals surface area (Å²) in [4.78, 5) is 16.2. The van der Waals surface area contributed by atoms with Crippen LogP contribution in [0.25, 0.3) is 0 Å². The minimum Gasteiger partial charge on any atom is -0.211 e. The van der Waals surface area contributed by atoms with Crippen LogP contribution in [0.5, 0.6) is 0 Å². The maximum absolute atomic E-state index is 10.0. The third-order valence-corrected chi connectivity index (χ3v) is 3.15. The minimum atomic E-state index is -0.0342. The Labute approximate surface area is 82.3 Å². The van der Waals surface area contributed by atoms with Crippen LogP contribution < -0.4 is 0 Å². The van der Waals surface area contributed by atoms with Crippen LogP contribution in [0.4, 0.5) is 0 Å². The fourth-order valence-corrected chi connectivity index (χ4v) is 2.25. The van der Waals surface area contributed by atoms with Gasteiger partial charge in [0, 0.05) is 9.75 Å². The van der Waals surface area contributed by atoms with Crippen molar-refractivity contribution in [2.75, 3.05) is 0 Å². The lowest BCUT2D eigenvalue weighted by Gasteiger charge is -1.97. The van der Waals surface area contributed by atoms with E-state index in [9.17, 15) is 4.79 Å². The van der Waals surface area contributed by atoms with Gasteiger partial charge in [0.15, 0.2) is 0 Å². The van der Waals surface area contributed by atoms with Gasteiger partial charge in [0.25, 0.3) is 0 Å². The highest BCUT2D eigenvalue weighted by Crippen LogP contribution is 2.25. The molecule has 1 rings (SSSR count). The number of hydrogen-bond acceptors (Lipinski definition) is 3. The summed E-state index contributed by atoms with van der Waals surface area (Å²) >= 11 is 1.73. The average Bonchev–Trinajstić information content (AvgIpc) is 2.54. The standard InChI is InChI=1S/C10H13NOS/c1-3-4-9-5-6-10(13-9)8(2)11-7-12/h5-6,8H,3-4H2,1-2H3. The molecule has 0 N–H and O–H groups in total. The molecule has 1 aromatic rings. The van der Waals surface area contributed by atoms with Crippen LogP contribution in [0.15, 0.2) is 17.1 Å². The largest absolute Gasteiger partial charge is 0.235 e. The second-order valence-electron chi connectivity index (χ2n) is 2.95. The van der Waals surface area contributed by atoms with Crippen LogP contribution in [-0.2, 0) is 11.2 Å². The first kappa shape index (κ1) is 10.2. The van der Waals surface area contributed by atoms with Gasteiger partial charge in [0.05, 0.1) is 6.04 Å². The van der Waals surface area contributed by atoms with E-state index in [1.165, 1.54) is 4.88 Å². The zero-order valence-electron chi connectivity index (χ0n) is 7.91. The van der Waals surface area contributed by atoms with Crippen molar-refractivity contribution in [2.24, 2.45) is 4.99 Å². The Balaban J connectivity index is 2.72. The Hall–Kier alpha value is -0.920. The fourth-order valence-electron chi connectivity index (χ4n) is 1.14. The molecule has 0 aliphatic heterocycles. The van der Waals surface area contributed by atoms with Crippen molar-refractivity contribution in [1.82, 2.24) is 0 Å². The molecule has 0 bridgehead atoms. The van der Waals surface area contributed by atoms with Crippen LogP contribution in [-0.4, -0.2) is 6.08 Å². The summed E-state index contributed by atoms with van der Waals surface area (Å²) in [5, 5.41) is 0. The third kappa shape index (κ3) is 2.79. The van der Waals surface area contributed by atoms with Crippen molar-refractivity contribution in [3.8, 4) is 0 Å². The number of isocyanates is 1. The molecule has 0 aliphatic carbocycles. The Morgan fingerprint density at radius 3 is 3.00 bits per heavy atom. The van der Waals surface area contributed by atoms with Gasteiger partial charge in [-0.25, -0.2) is 4.79 Å². The number of thiophene rings is 1. The molecule has 3 heteroatoms. The van der Waals surface area contributed by atoms with E-state index in [-0.39, 0.29) is 6.04 Å². The minimum absolute atomic E-state index is 0.0342. The summed E-state index contributed by atoms with van der Waals surface area (Å²) in [5.74, 6) is 0. The van der Waals surface area contributed by atoms with E-state index in [1.54, 1.807) is 17.4 Å². The molecule has 0 aromatic carbocycles. The maximum atomic E-state index is 10.0. The van der Waals surface area contributed by atoms with E-state index in [0.29, 0.717) is 0 Å². The molecular weight excluding hydrogens is 182 g/mol. The van der Waals surface area contributed by atoms with Crippen molar-refractivity contribution in [3.63, 3.8) is 0 Å². The summed E-state index contributed by atoms with van der Waals surface area (Å²) in [6.07, 6.45) is 3.86. The summed E-state index contributed by atoms with van der Waals surface area (Å²) in [5.41, 5.74) is 0. The Kier molecular flexibility index (Phi) is 3.87. The van der Waals surface area contributed by atoms with Crippen molar-refractivity contribution in [3.05, 3.63) is 21.9 Å². The van der Waals surface area contributed by atoms with E-state index in [1.807, 2.05) is 13.0 Å². The van der Waals surface area contributed by atoms with E-state index >= 15 is 0 Å². The first-order valence-corrected chi connectivity index (χ1v) is 5.25. The summed E-state index contributed by atoms with van der Waals surface area (Å²) in [6.45, 7) is 4.07. The van der Waals surface area contributed by atoms with Gasteiger partial charge in [-0.05, 0) is 25.5 Å². The van der Waals surface area contributed by atoms with E-state index < -0.39 is 0 Å². The van der Waals surface area contributed by atoms with Crippen molar-refractivity contribution < 1.29 is 4.79 Å². The van der Waals surface area contributed by atoms with Gasteiger partial charge in [-0.3, -0.25) is 0 Å². The molecule has 1 heterocycles. The van der Waals surface area contributed by atoms with Crippen LogP contribution in [0.2, 0.25) is 0 Å². The number of hydrogen-bond donors (Lipinski definition) is 0. The van der Waals surface area contributed by atoms with Gasteiger partial charge in [-0.15, -0.1) is 11.3 Å². The smallest absolute Gasteiger partial charge is 0.211 e. The molecule has 0 amide bonds. The van der Waals surface area contributed by atoms with Crippen LogP contribution >= 0.6 is 11.3 Å². The molecule has 0 saturated heterocycles. The predicted molar refractivity (Wildman–Crippen MR) is 54.9 cm³/mol. The van der Waals surface area contributed by atoms with Gasteiger partial charge in [0.1, 0.15) is 0 Å². The zero-order chi connectivity index (χ0) is 9.68. The Morgan fingerprint density at radius 1 is 1.62 bits per heavy atom. The summed E-state index contributed by atoms with van der Waals surface area (Å²) in [6, 6.07) is 4.12. The van der Waals surface area contributed by atoms with Crippen LogP contribution in [0.3, 0.4) is 0 Å². The average molecular weight is 195 g/mol. The second kappa shape index (κ2) is 4.95. The first-order chi connectivity index (χ1) is 6.27. The molecule has 70 valence electrons. The third-order valence-electron chi connectivity index (χ3n) is 1.84. The number of aliphatic imine (C=N–C) groups is 1. The van der Waals surface area contributed by atoms with E-state index in [0.717, 1.165) is 17.7 Å². The molecule has 13 heavy (non-hydrogen) atoms. The Bertz CT molecular complexity index is 312. The molecule has 0 radical (unpaired) electrons. The molecular formula is C10H13NOS. The molecule has 1 aromatic heterocycles. The lowest BCUT2D eigenvalue weighted by atomic mass is 10.2. The zero-order valence-corrected chi connectivity index (χ0v) is 8.73. The predicted octanol–water partition coefficient (Wildman–Crippen LogP) is 3.10. The maximum Gasteiger partial charge on any atom is 0.235 e. The second-order valence-corrected chi connectivity index (χ2v) is 4.15. The van der Waals surface area contributed by atoms with Gasteiger partial charge in [-0.2, -0.15) is 4.99 Å². The van der Waals surface area contributed by atoms with Gasteiger partial charge in [0.2, 0.25) is 6.08 Å². The Morgan fingerprint density at radius 2 is 2.38 bits per heavy atom. The van der Waals surface area contributed by atoms with Crippen LogP contribution in [0, 0.1) is 0 Å². The molecule has 1 unspecified atom stereocenters.